The minimum atomic E-state index is -0.634. The van der Waals surface area contributed by atoms with Gasteiger partial charge in [0.1, 0.15) is 11.3 Å². The maximum atomic E-state index is 11.7. The number of ether oxygens (including phenoxy) is 1. The first-order chi connectivity index (χ1) is 10.1. The van der Waals surface area contributed by atoms with Crippen LogP contribution in [0.3, 0.4) is 0 Å². The highest BCUT2D eigenvalue weighted by Gasteiger charge is 2.21. The first kappa shape index (κ1) is 17.6. The minimum Gasteiger partial charge on any atom is -0.456 e. The maximum Gasteiger partial charge on any atom is 0.352 e. The Morgan fingerprint density at radius 3 is 2.36 bits per heavy atom. The van der Waals surface area contributed by atoms with E-state index in [9.17, 15) is 14.9 Å². The third-order valence-corrected chi connectivity index (χ3v) is 2.65. The van der Waals surface area contributed by atoms with E-state index in [2.05, 4.69) is 5.32 Å². The summed E-state index contributed by atoms with van der Waals surface area (Å²) in [6, 6.07) is 5.79. The van der Waals surface area contributed by atoms with Gasteiger partial charge in [0.25, 0.3) is 5.69 Å². The summed E-state index contributed by atoms with van der Waals surface area (Å²) in [6.45, 7) is 7.06. The first-order valence-electron chi connectivity index (χ1n) is 6.90. The van der Waals surface area contributed by atoms with Crippen LogP contribution in [0.4, 0.5) is 11.4 Å². The molecule has 0 aliphatic rings. The SMILES string of the molecule is C[C@@H](CC(=N)C(=O)OC(C)(C)C)Nc1ccc([N+](=O)[O-])cc1. The molecule has 0 unspecified atom stereocenters. The summed E-state index contributed by atoms with van der Waals surface area (Å²) in [7, 11) is 0. The van der Waals surface area contributed by atoms with Crippen LogP contribution in [0.5, 0.6) is 0 Å². The lowest BCUT2D eigenvalue weighted by Gasteiger charge is -2.21. The van der Waals surface area contributed by atoms with Crippen molar-refractivity contribution in [1.82, 2.24) is 0 Å². The lowest BCUT2D eigenvalue weighted by Crippen LogP contribution is -2.31. The van der Waals surface area contributed by atoms with E-state index in [1.807, 2.05) is 6.92 Å². The molecule has 0 bridgehead atoms. The number of nitro benzene ring substituents is 1. The standard InChI is InChI=1S/C15H21N3O4/c1-10(9-13(16)14(19)22-15(2,3)4)17-11-5-7-12(8-6-11)18(20)21/h5-8,10,16-17H,9H2,1-4H3/t10-/m0/s1. The van der Waals surface area contributed by atoms with Crippen molar-refractivity contribution in [2.24, 2.45) is 0 Å². The second-order valence-corrected chi connectivity index (χ2v) is 6.03. The Labute approximate surface area is 129 Å². The molecular formula is C15H21N3O4. The number of esters is 1. The summed E-state index contributed by atoms with van der Waals surface area (Å²) >= 11 is 0. The average molecular weight is 307 g/mol. The molecule has 2 N–H and O–H groups in total. The number of benzene rings is 1. The van der Waals surface area contributed by atoms with Crippen molar-refractivity contribution in [3.8, 4) is 0 Å². The predicted octanol–water partition coefficient (Wildman–Crippen LogP) is 3.15. The van der Waals surface area contributed by atoms with Gasteiger partial charge in [-0.2, -0.15) is 0 Å². The smallest absolute Gasteiger partial charge is 0.352 e. The quantitative estimate of drug-likeness (QED) is 0.363. The van der Waals surface area contributed by atoms with Crippen molar-refractivity contribution >= 4 is 23.1 Å². The zero-order valence-electron chi connectivity index (χ0n) is 13.2. The Morgan fingerprint density at radius 2 is 1.91 bits per heavy atom. The molecule has 0 saturated carbocycles. The monoisotopic (exact) mass is 307 g/mol. The summed E-state index contributed by atoms with van der Waals surface area (Å²) < 4.78 is 5.13. The fraction of sp³-hybridized carbons (Fsp3) is 0.467. The molecule has 0 aromatic heterocycles. The molecule has 0 spiro atoms. The third-order valence-electron chi connectivity index (χ3n) is 2.65. The van der Waals surface area contributed by atoms with Crippen molar-refractivity contribution in [2.75, 3.05) is 5.32 Å². The van der Waals surface area contributed by atoms with Gasteiger partial charge in [-0.25, -0.2) is 4.79 Å². The molecule has 120 valence electrons. The maximum absolute atomic E-state index is 11.7. The number of hydrogen-bond donors (Lipinski definition) is 2. The summed E-state index contributed by atoms with van der Waals surface area (Å²) in [5.74, 6) is -0.634. The number of nitrogens with one attached hydrogen (secondary N) is 2. The number of rotatable bonds is 6. The van der Waals surface area contributed by atoms with Gasteiger partial charge >= 0.3 is 5.97 Å². The van der Waals surface area contributed by atoms with E-state index < -0.39 is 16.5 Å². The molecule has 0 heterocycles. The summed E-state index contributed by atoms with van der Waals surface area (Å²) in [5.41, 5.74) is -0.0371. The van der Waals surface area contributed by atoms with Crippen molar-refractivity contribution in [2.45, 2.75) is 45.8 Å². The van der Waals surface area contributed by atoms with E-state index in [4.69, 9.17) is 10.1 Å². The molecule has 1 rings (SSSR count). The molecule has 0 radical (unpaired) electrons. The first-order valence-corrected chi connectivity index (χ1v) is 6.90. The van der Waals surface area contributed by atoms with Gasteiger partial charge < -0.3 is 10.1 Å². The van der Waals surface area contributed by atoms with Crippen LogP contribution in [-0.2, 0) is 9.53 Å². The highest BCUT2D eigenvalue weighted by molar-refractivity contribution is 6.35. The number of carbonyl (C=O) groups is 1. The fourth-order valence-electron chi connectivity index (χ4n) is 1.74. The largest absolute Gasteiger partial charge is 0.456 e. The molecular weight excluding hydrogens is 286 g/mol. The van der Waals surface area contributed by atoms with Gasteiger partial charge in [0.05, 0.1) is 4.92 Å². The van der Waals surface area contributed by atoms with Crippen LogP contribution < -0.4 is 5.32 Å². The number of carbonyl (C=O) groups excluding carboxylic acids is 1. The summed E-state index contributed by atoms with van der Waals surface area (Å²) in [6.07, 6.45) is 0.200. The molecule has 1 aromatic rings. The van der Waals surface area contributed by atoms with Crippen LogP contribution in [-0.4, -0.2) is 28.2 Å². The molecule has 7 heteroatoms. The lowest BCUT2D eigenvalue weighted by atomic mass is 10.1. The molecule has 1 aromatic carbocycles. The van der Waals surface area contributed by atoms with E-state index in [-0.39, 0.29) is 23.9 Å². The number of nitrogens with zero attached hydrogens (tertiary/aromatic N) is 1. The predicted molar refractivity (Wildman–Crippen MR) is 84.4 cm³/mol. The van der Waals surface area contributed by atoms with Gasteiger partial charge in [-0.15, -0.1) is 0 Å². The van der Waals surface area contributed by atoms with Crippen molar-refractivity contribution in [3.05, 3.63) is 34.4 Å². The van der Waals surface area contributed by atoms with Gasteiger partial charge in [-0.3, -0.25) is 15.5 Å². The molecule has 7 nitrogen and oxygen atoms in total. The van der Waals surface area contributed by atoms with Gasteiger partial charge in [0.15, 0.2) is 0 Å². The zero-order valence-corrected chi connectivity index (χ0v) is 13.2. The van der Waals surface area contributed by atoms with E-state index in [1.165, 1.54) is 12.1 Å². The van der Waals surface area contributed by atoms with Crippen LogP contribution in [0.15, 0.2) is 24.3 Å². The van der Waals surface area contributed by atoms with E-state index in [1.54, 1.807) is 32.9 Å². The van der Waals surface area contributed by atoms with Gasteiger partial charge in [0.2, 0.25) is 0 Å². The Kier molecular flexibility index (Phi) is 5.62. The van der Waals surface area contributed by atoms with E-state index >= 15 is 0 Å². The zero-order chi connectivity index (χ0) is 16.9. The van der Waals surface area contributed by atoms with Crippen LogP contribution in [0.25, 0.3) is 0 Å². The number of hydrogen-bond acceptors (Lipinski definition) is 6. The summed E-state index contributed by atoms with van der Waals surface area (Å²) in [5, 5.41) is 21.4. The number of anilines is 1. The second kappa shape index (κ2) is 7.02. The van der Waals surface area contributed by atoms with Crippen LogP contribution >= 0.6 is 0 Å². The van der Waals surface area contributed by atoms with Crippen LogP contribution in [0.2, 0.25) is 0 Å². The fourth-order valence-corrected chi connectivity index (χ4v) is 1.74. The van der Waals surface area contributed by atoms with Crippen molar-refractivity contribution in [3.63, 3.8) is 0 Å². The normalized spacial score (nSPS) is 12.4. The average Bonchev–Trinajstić information content (AvgIpc) is 2.37. The molecule has 22 heavy (non-hydrogen) atoms. The van der Waals surface area contributed by atoms with Gasteiger partial charge in [-0.05, 0) is 39.8 Å². The lowest BCUT2D eigenvalue weighted by molar-refractivity contribution is -0.384. The highest BCUT2D eigenvalue weighted by atomic mass is 16.6. The Balaban J connectivity index is 2.55. The Morgan fingerprint density at radius 1 is 1.36 bits per heavy atom. The molecule has 0 aliphatic carbocycles. The Bertz CT molecular complexity index is 561. The van der Waals surface area contributed by atoms with Gasteiger partial charge in [-0.1, -0.05) is 0 Å². The number of nitro groups is 1. The molecule has 0 aliphatic heterocycles. The molecule has 1 atom stereocenters. The van der Waals surface area contributed by atoms with Crippen molar-refractivity contribution < 1.29 is 14.5 Å². The second-order valence-electron chi connectivity index (χ2n) is 6.03. The summed E-state index contributed by atoms with van der Waals surface area (Å²) in [4.78, 5) is 21.8. The topological polar surface area (TPSA) is 105 Å². The Hall–Kier alpha value is -2.44. The van der Waals surface area contributed by atoms with Crippen LogP contribution in [0.1, 0.15) is 34.1 Å². The highest BCUT2D eigenvalue weighted by Crippen LogP contribution is 2.17. The molecule has 0 fully saturated rings. The molecule has 0 amide bonds. The van der Waals surface area contributed by atoms with Gasteiger partial charge in [0, 0.05) is 30.3 Å². The van der Waals surface area contributed by atoms with Crippen molar-refractivity contribution in [1.29, 1.82) is 5.41 Å². The van der Waals surface area contributed by atoms with E-state index in [0.29, 0.717) is 5.69 Å². The van der Waals surface area contributed by atoms with E-state index in [0.717, 1.165) is 0 Å². The third kappa shape index (κ3) is 5.90. The minimum absolute atomic E-state index is 0.0136. The number of non-ortho nitro benzene ring substituents is 1. The van der Waals surface area contributed by atoms with Crippen LogP contribution in [0, 0.1) is 15.5 Å². The molecule has 0 saturated heterocycles.